The number of hydrogen-bond acceptors (Lipinski definition) is 6. The summed E-state index contributed by atoms with van der Waals surface area (Å²) in [6, 6.07) is 6.70. The number of carbonyl (C=O) groups excluding carboxylic acids is 2. The third kappa shape index (κ3) is 4.34. The van der Waals surface area contributed by atoms with Gasteiger partial charge in [0.1, 0.15) is 6.04 Å². The molecule has 8 heteroatoms. The van der Waals surface area contributed by atoms with Gasteiger partial charge in [0.15, 0.2) is 0 Å². The van der Waals surface area contributed by atoms with Crippen LogP contribution in [0.1, 0.15) is 35.2 Å². The molecule has 2 saturated heterocycles. The van der Waals surface area contributed by atoms with Gasteiger partial charge in [-0.05, 0) is 37.6 Å². The Kier molecular flexibility index (Phi) is 6.31. The van der Waals surface area contributed by atoms with Gasteiger partial charge < -0.3 is 15.2 Å². The fourth-order valence-corrected chi connectivity index (χ4v) is 4.20. The predicted octanol–water partition coefficient (Wildman–Crippen LogP) is 0.711. The summed E-state index contributed by atoms with van der Waals surface area (Å²) >= 11 is 0. The highest BCUT2D eigenvalue weighted by Crippen LogP contribution is 2.28. The van der Waals surface area contributed by atoms with Crippen LogP contribution in [0.15, 0.2) is 24.3 Å². The van der Waals surface area contributed by atoms with E-state index in [1.165, 1.54) is 7.11 Å². The monoisotopic (exact) mass is 389 g/mol. The first-order valence-corrected chi connectivity index (χ1v) is 9.53. The number of nitrogens with one attached hydrogen (secondary N) is 1. The van der Waals surface area contributed by atoms with Crippen LogP contribution >= 0.6 is 0 Å². The Bertz CT molecular complexity index is 736. The first kappa shape index (κ1) is 20.3. The molecule has 2 N–H and O–H groups in total. The lowest BCUT2D eigenvalue weighted by Gasteiger charge is -2.33. The fourth-order valence-electron chi connectivity index (χ4n) is 4.20. The average molecular weight is 389 g/mol. The molecule has 2 aliphatic heterocycles. The van der Waals surface area contributed by atoms with Crippen LogP contribution in [-0.2, 0) is 20.9 Å². The number of ether oxygens (including phenoxy) is 1. The van der Waals surface area contributed by atoms with Gasteiger partial charge in [-0.1, -0.05) is 12.1 Å². The number of esters is 1. The Labute approximate surface area is 164 Å². The number of carboxylic acids is 1. The first-order valence-electron chi connectivity index (χ1n) is 9.53. The zero-order chi connectivity index (χ0) is 20.3. The molecular formula is C20H27N3O5. The van der Waals surface area contributed by atoms with E-state index in [2.05, 4.69) is 15.1 Å². The molecule has 3 atom stereocenters. The Morgan fingerprint density at radius 2 is 2.00 bits per heavy atom. The van der Waals surface area contributed by atoms with Gasteiger partial charge in [-0.3, -0.25) is 19.4 Å². The highest BCUT2D eigenvalue weighted by Gasteiger charge is 2.44. The smallest absolute Gasteiger partial charge is 0.335 e. The van der Waals surface area contributed by atoms with Crippen molar-refractivity contribution in [2.75, 3.05) is 27.2 Å². The van der Waals surface area contributed by atoms with Gasteiger partial charge in [0.25, 0.3) is 0 Å². The number of amides is 1. The van der Waals surface area contributed by atoms with Gasteiger partial charge in [0.2, 0.25) is 5.91 Å². The zero-order valence-corrected chi connectivity index (χ0v) is 16.3. The van der Waals surface area contributed by atoms with Crippen molar-refractivity contribution in [3.63, 3.8) is 0 Å². The molecule has 1 aromatic rings. The van der Waals surface area contributed by atoms with Crippen LogP contribution < -0.4 is 5.32 Å². The average Bonchev–Trinajstić information content (AvgIpc) is 3.06. The number of rotatable bonds is 6. The molecule has 0 aliphatic carbocycles. The number of likely N-dealkylation sites (tertiary alicyclic amines) is 1. The normalized spacial score (nSPS) is 25.6. The molecule has 1 amide bonds. The molecule has 0 saturated carbocycles. The lowest BCUT2D eigenvalue weighted by Crippen LogP contribution is -2.49. The molecule has 0 spiro atoms. The minimum atomic E-state index is -0.949. The Morgan fingerprint density at radius 3 is 2.64 bits per heavy atom. The number of likely N-dealkylation sites (N-methyl/N-ethyl adjacent to an activating group) is 1. The van der Waals surface area contributed by atoms with Crippen LogP contribution in [0.4, 0.5) is 0 Å². The van der Waals surface area contributed by atoms with E-state index in [0.717, 1.165) is 18.5 Å². The van der Waals surface area contributed by atoms with Crippen molar-refractivity contribution in [2.45, 2.75) is 43.9 Å². The molecular weight excluding hydrogens is 362 g/mol. The largest absolute Gasteiger partial charge is 0.478 e. The number of aromatic carboxylic acids is 1. The van der Waals surface area contributed by atoms with Crippen molar-refractivity contribution in [1.29, 1.82) is 0 Å². The summed E-state index contributed by atoms with van der Waals surface area (Å²) in [5, 5.41) is 12.1. The molecule has 2 fully saturated rings. The van der Waals surface area contributed by atoms with Gasteiger partial charge in [0.05, 0.1) is 12.7 Å². The van der Waals surface area contributed by atoms with Gasteiger partial charge in [-0.15, -0.1) is 0 Å². The summed E-state index contributed by atoms with van der Waals surface area (Å²) in [6.45, 7) is 1.90. The molecule has 0 aromatic heterocycles. The highest BCUT2D eigenvalue weighted by atomic mass is 16.5. The van der Waals surface area contributed by atoms with Crippen LogP contribution in [0.2, 0.25) is 0 Å². The van der Waals surface area contributed by atoms with Gasteiger partial charge in [-0.2, -0.15) is 0 Å². The van der Waals surface area contributed by atoms with Crippen molar-refractivity contribution in [1.82, 2.24) is 15.1 Å². The van der Waals surface area contributed by atoms with E-state index in [9.17, 15) is 14.4 Å². The molecule has 152 valence electrons. The van der Waals surface area contributed by atoms with Gasteiger partial charge in [-0.25, -0.2) is 4.79 Å². The van der Waals surface area contributed by atoms with Crippen LogP contribution in [-0.4, -0.2) is 78.1 Å². The standard InChI is InChI=1S/C20H27N3O5/c1-22-15(7-8-17(24)28-2)11-21-19(25)18-16(22)9-10-23(18)12-13-3-5-14(6-4-13)20(26)27/h3-6,15-16,18H,7-12H2,1-2H3,(H,21,25)(H,26,27)/t15-,16-,18-/m0/s1. The second-order valence-electron chi connectivity index (χ2n) is 7.45. The maximum Gasteiger partial charge on any atom is 0.335 e. The minimum Gasteiger partial charge on any atom is -0.478 e. The minimum absolute atomic E-state index is 0.0112. The van der Waals surface area contributed by atoms with E-state index in [-0.39, 0.29) is 35.6 Å². The Hall–Kier alpha value is -2.45. The van der Waals surface area contributed by atoms with Crippen molar-refractivity contribution in [3.8, 4) is 0 Å². The maximum absolute atomic E-state index is 12.8. The molecule has 0 radical (unpaired) electrons. The summed E-state index contributed by atoms with van der Waals surface area (Å²) in [5.41, 5.74) is 1.23. The third-order valence-corrected chi connectivity index (χ3v) is 5.85. The number of fused-ring (bicyclic) bond motifs is 1. The second kappa shape index (κ2) is 8.70. The number of benzene rings is 1. The molecule has 3 rings (SSSR count). The summed E-state index contributed by atoms with van der Waals surface area (Å²) in [5.74, 6) is -1.17. The summed E-state index contributed by atoms with van der Waals surface area (Å²) in [7, 11) is 3.40. The summed E-state index contributed by atoms with van der Waals surface area (Å²) < 4.78 is 4.73. The number of methoxy groups -OCH3 is 1. The van der Waals surface area contributed by atoms with E-state index >= 15 is 0 Å². The van der Waals surface area contributed by atoms with Crippen molar-refractivity contribution < 1.29 is 24.2 Å². The van der Waals surface area contributed by atoms with Crippen LogP contribution in [0.5, 0.6) is 0 Å². The van der Waals surface area contributed by atoms with Crippen molar-refractivity contribution >= 4 is 17.8 Å². The number of carboxylic acid groups (broad SMARTS) is 1. The predicted molar refractivity (Wildman–Crippen MR) is 102 cm³/mol. The lowest BCUT2D eigenvalue weighted by molar-refractivity contribution is -0.141. The van der Waals surface area contributed by atoms with Crippen LogP contribution in [0.25, 0.3) is 0 Å². The molecule has 28 heavy (non-hydrogen) atoms. The lowest BCUT2D eigenvalue weighted by atomic mass is 10.0. The zero-order valence-electron chi connectivity index (χ0n) is 16.3. The fraction of sp³-hybridized carbons (Fsp3) is 0.550. The van der Waals surface area contributed by atoms with Crippen molar-refractivity contribution in [2.24, 2.45) is 0 Å². The number of nitrogens with zero attached hydrogens (tertiary/aromatic N) is 2. The van der Waals surface area contributed by atoms with Crippen LogP contribution in [0.3, 0.4) is 0 Å². The molecule has 0 bridgehead atoms. The molecule has 0 unspecified atom stereocenters. The van der Waals surface area contributed by atoms with E-state index in [4.69, 9.17) is 9.84 Å². The first-order chi connectivity index (χ1) is 13.4. The second-order valence-corrected chi connectivity index (χ2v) is 7.45. The summed E-state index contributed by atoms with van der Waals surface area (Å²) in [4.78, 5) is 39.6. The van der Waals surface area contributed by atoms with E-state index in [0.29, 0.717) is 25.9 Å². The van der Waals surface area contributed by atoms with Crippen molar-refractivity contribution in [3.05, 3.63) is 35.4 Å². The van der Waals surface area contributed by atoms with E-state index < -0.39 is 5.97 Å². The molecule has 2 aliphatic rings. The molecule has 2 heterocycles. The van der Waals surface area contributed by atoms with E-state index in [1.807, 2.05) is 7.05 Å². The maximum atomic E-state index is 12.8. The molecule has 8 nitrogen and oxygen atoms in total. The van der Waals surface area contributed by atoms with Gasteiger partial charge in [0, 0.05) is 38.1 Å². The highest BCUT2D eigenvalue weighted by molar-refractivity contribution is 5.87. The topological polar surface area (TPSA) is 99.2 Å². The van der Waals surface area contributed by atoms with Gasteiger partial charge >= 0.3 is 11.9 Å². The Morgan fingerprint density at radius 1 is 1.29 bits per heavy atom. The number of carbonyl (C=O) groups is 3. The Balaban J connectivity index is 1.68. The quantitative estimate of drug-likeness (QED) is 0.692. The summed E-state index contributed by atoms with van der Waals surface area (Å²) in [6.07, 6.45) is 1.85. The van der Waals surface area contributed by atoms with E-state index in [1.54, 1.807) is 24.3 Å². The third-order valence-electron chi connectivity index (χ3n) is 5.85. The SMILES string of the molecule is COC(=O)CC[C@H]1CNC(=O)[C@@H]2[C@H](CCN2Cc2ccc(C(=O)O)cc2)N1C. The van der Waals surface area contributed by atoms with Crippen LogP contribution in [0, 0.1) is 0 Å². The number of hydrogen-bond donors (Lipinski definition) is 2. The molecule has 1 aromatic carbocycles.